The summed E-state index contributed by atoms with van der Waals surface area (Å²) in [5.41, 5.74) is 3.54. The average molecular weight is 441 g/mol. The van der Waals surface area contributed by atoms with Crippen LogP contribution in [-0.4, -0.2) is 14.3 Å². The molecule has 0 spiro atoms. The maximum atomic E-state index is 14.3. The Morgan fingerprint density at radius 1 is 0.968 bits per heavy atom. The zero-order valence-electron chi connectivity index (χ0n) is 17.6. The number of hydrogen-bond donors (Lipinski definition) is 2. The van der Waals surface area contributed by atoms with Crippen molar-refractivity contribution in [3.63, 3.8) is 0 Å². The Balaban J connectivity index is 1.76. The monoisotopic (exact) mass is 440 g/mol. The molecule has 0 aliphatic rings. The summed E-state index contributed by atoms with van der Waals surface area (Å²) in [7, 11) is -4.15. The van der Waals surface area contributed by atoms with Crippen molar-refractivity contribution in [1.82, 2.24) is 4.72 Å². The topological polar surface area (TPSA) is 75.3 Å². The summed E-state index contributed by atoms with van der Waals surface area (Å²) in [6, 6.07) is 18.0. The Bertz CT molecular complexity index is 1170. The Hall–Kier alpha value is -3.03. The summed E-state index contributed by atoms with van der Waals surface area (Å²) in [4.78, 5) is 12.0. The van der Waals surface area contributed by atoms with Gasteiger partial charge in [-0.25, -0.2) is 17.5 Å². The van der Waals surface area contributed by atoms with E-state index in [4.69, 9.17) is 0 Å². The molecule has 162 valence electrons. The molecule has 0 atom stereocenters. The van der Waals surface area contributed by atoms with Crippen molar-refractivity contribution in [3.8, 4) is 0 Å². The Morgan fingerprint density at radius 3 is 2.23 bits per heavy atom. The van der Waals surface area contributed by atoms with Gasteiger partial charge >= 0.3 is 0 Å². The standard InChI is InChI=1S/C24H25FN2O3S/c1-16(2)19-8-11-21(12-9-19)27-24(28)20-10-13-22(25)23(14-20)31(29,30)26-15-18-6-4-17(3)5-7-18/h4-14,16,26H,15H2,1-3H3,(H,27,28). The lowest BCUT2D eigenvalue weighted by molar-refractivity contribution is 0.102. The highest BCUT2D eigenvalue weighted by Crippen LogP contribution is 2.20. The number of carbonyl (C=O) groups is 1. The molecule has 0 saturated heterocycles. The highest BCUT2D eigenvalue weighted by Gasteiger charge is 2.21. The van der Waals surface area contributed by atoms with Gasteiger partial charge in [0.05, 0.1) is 0 Å². The first-order chi connectivity index (χ1) is 14.7. The van der Waals surface area contributed by atoms with Crippen LogP contribution in [0.15, 0.2) is 71.6 Å². The van der Waals surface area contributed by atoms with Gasteiger partial charge in [0.15, 0.2) is 0 Å². The van der Waals surface area contributed by atoms with Gasteiger partial charge in [-0.05, 0) is 54.3 Å². The molecule has 3 aromatic carbocycles. The number of benzene rings is 3. The van der Waals surface area contributed by atoms with Gasteiger partial charge in [0, 0.05) is 17.8 Å². The van der Waals surface area contributed by atoms with Gasteiger partial charge in [0.2, 0.25) is 10.0 Å². The van der Waals surface area contributed by atoms with E-state index >= 15 is 0 Å². The third-order valence-corrected chi connectivity index (χ3v) is 6.32. The van der Waals surface area contributed by atoms with Crippen molar-refractivity contribution in [2.45, 2.75) is 38.1 Å². The molecule has 0 fully saturated rings. The largest absolute Gasteiger partial charge is 0.322 e. The molecule has 0 heterocycles. The number of rotatable bonds is 7. The zero-order valence-corrected chi connectivity index (χ0v) is 18.5. The third kappa shape index (κ3) is 5.77. The average Bonchev–Trinajstić information content (AvgIpc) is 2.74. The minimum atomic E-state index is -4.15. The van der Waals surface area contributed by atoms with Crippen molar-refractivity contribution < 1.29 is 17.6 Å². The van der Waals surface area contributed by atoms with Gasteiger partial charge in [-0.3, -0.25) is 4.79 Å². The molecular weight excluding hydrogens is 415 g/mol. The second-order valence-corrected chi connectivity index (χ2v) is 9.42. The SMILES string of the molecule is Cc1ccc(CNS(=O)(=O)c2cc(C(=O)Nc3ccc(C(C)C)cc3)ccc2F)cc1. The molecule has 0 radical (unpaired) electrons. The molecular formula is C24H25FN2O3S. The van der Waals surface area contributed by atoms with Gasteiger partial charge in [-0.15, -0.1) is 0 Å². The van der Waals surface area contributed by atoms with Crippen LogP contribution >= 0.6 is 0 Å². The van der Waals surface area contributed by atoms with Crippen LogP contribution in [0, 0.1) is 12.7 Å². The maximum Gasteiger partial charge on any atom is 0.255 e. The van der Waals surface area contributed by atoms with Crippen LogP contribution < -0.4 is 10.0 Å². The molecule has 31 heavy (non-hydrogen) atoms. The summed E-state index contributed by atoms with van der Waals surface area (Å²) in [6.07, 6.45) is 0. The van der Waals surface area contributed by atoms with Crippen molar-refractivity contribution in [2.24, 2.45) is 0 Å². The van der Waals surface area contributed by atoms with Gasteiger partial charge < -0.3 is 5.32 Å². The van der Waals surface area contributed by atoms with E-state index in [1.165, 1.54) is 6.07 Å². The van der Waals surface area contributed by atoms with Crippen molar-refractivity contribution in [2.75, 3.05) is 5.32 Å². The van der Waals surface area contributed by atoms with E-state index in [1.54, 1.807) is 24.3 Å². The van der Waals surface area contributed by atoms with Crippen molar-refractivity contribution in [1.29, 1.82) is 0 Å². The first-order valence-electron chi connectivity index (χ1n) is 9.92. The van der Waals surface area contributed by atoms with Crippen LogP contribution in [0.1, 0.15) is 46.8 Å². The normalized spacial score (nSPS) is 11.5. The van der Waals surface area contributed by atoms with Crippen LogP contribution in [-0.2, 0) is 16.6 Å². The molecule has 0 aromatic heterocycles. The lowest BCUT2D eigenvalue weighted by Crippen LogP contribution is -2.25. The lowest BCUT2D eigenvalue weighted by Gasteiger charge is -2.11. The van der Waals surface area contributed by atoms with Gasteiger partial charge in [-0.2, -0.15) is 0 Å². The molecule has 0 bridgehead atoms. The van der Waals surface area contributed by atoms with E-state index in [-0.39, 0.29) is 12.1 Å². The Kier molecular flexibility index (Phi) is 6.87. The second-order valence-electron chi connectivity index (χ2n) is 7.69. The van der Waals surface area contributed by atoms with E-state index in [1.807, 2.05) is 31.2 Å². The third-order valence-electron chi connectivity index (χ3n) is 4.91. The molecule has 0 saturated carbocycles. The summed E-state index contributed by atoms with van der Waals surface area (Å²) in [5.74, 6) is -1.08. The summed E-state index contributed by atoms with van der Waals surface area (Å²) < 4.78 is 42.0. The number of anilines is 1. The predicted octanol–water partition coefficient (Wildman–Crippen LogP) is 4.99. The molecule has 5 nitrogen and oxygen atoms in total. The summed E-state index contributed by atoms with van der Waals surface area (Å²) >= 11 is 0. The number of sulfonamides is 1. The lowest BCUT2D eigenvalue weighted by atomic mass is 10.0. The maximum absolute atomic E-state index is 14.3. The first-order valence-corrected chi connectivity index (χ1v) is 11.4. The smallest absolute Gasteiger partial charge is 0.255 e. The van der Waals surface area contributed by atoms with Crippen molar-refractivity contribution in [3.05, 3.63) is 94.8 Å². The minimum Gasteiger partial charge on any atom is -0.322 e. The van der Waals surface area contributed by atoms with Crippen LogP contribution in [0.3, 0.4) is 0 Å². The summed E-state index contributed by atoms with van der Waals surface area (Å²) in [5, 5.41) is 2.71. The number of carbonyl (C=O) groups excluding carboxylic acids is 1. The molecule has 1 amide bonds. The van der Waals surface area contributed by atoms with Crippen LogP contribution in [0.25, 0.3) is 0 Å². The Labute approximate surface area is 182 Å². The van der Waals surface area contributed by atoms with Crippen LogP contribution in [0.2, 0.25) is 0 Å². The van der Waals surface area contributed by atoms with E-state index in [9.17, 15) is 17.6 Å². The molecule has 7 heteroatoms. The molecule has 0 unspecified atom stereocenters. The fourth-order valence-corrected chi connectivity index (χ4v) is 4.09. The predicted molar refractivity (Wildman–Crippen MR) is 120 cm³/mol. The molecule has 0 aliphatic heterocycles. The quantitative estimate of drug-likeness (QED) is 0.544. The number of aryl methyl sites for hydroxylation is 1. The fraction of sp³-hybridized carbons (Fsp3) is 0.208. The van der Waals surface area contributed by atoms with Gasteiger partial charge in [0.1, 0.15) is 10.7 Å². The fourth-order valence-electron chi connectivity index (χ4n) is 2.97. The zero-order chi connectivity index (χ0) is 22.6. The van der Waals surface area contributed by atoms with E-state index < -0.39 is 26.6 Å². The first kappa shape index (κ1) is 22.7. The van der Waals surface area contributed by atoms with Gasteiger partial charge in [0.25, 0.3) is 5.91 Å². The molecule has 3 aromatic rings. The highest BCUT2D eigenvalue weighted by molar-refractivity contribution is 7.89. The van der Waals surface area contributed by atoms with Crippen LogP contribution in [0.5, 0.6) is 0 Å². The number of halogens is 1. The number of amides is 1. The summed E-state index contributed by atoms with van der Waals surface area (Å²) in [6.45, 7) is 6.08. The van der Waals surface area contributed by atoms with E-state index in [2.05, 4.69) is 23.9 Å². The van der Waals surface area contributed by atoms with E-state index in [0.717, 1.165) is 28.8 Å². The Morgan fingerprint density at radius 2 is 1.61 bits per heavy atom. The van der Waals surface area contributed by atoms with Crippen LogP contribution in [0.4, 0.5) is 10.1 Å². The molecule has 2 N–H and O–H groups in total. The minimum absolute atomic E-state index is 0.0146. The van der Waals surface area contributed by atoms with Crippen molar-refractivity contribution >= 4 is 21.6 Å². The van der Waals surface area contributed by atoms with E-state index in [0.29, 0.717) is 11.6 Å². The highest BCUT2D eigenvalue weighted by atomic mass is 32.2. The number of nitrogens with one attached hydrogen (secondary N) is 2. The molecule has 3 rings (SSSR count). The second kappa shape index (κ2) is 9.41. The number of hydrogen-bond acceptors (Lipinski definition) is 3. The van der Waals surface area contributed by atoms with Gasteiger partial charge in [-0.1, -0.05) is 55.8 Å². The molecule has 0 aliphatic carbocycles.